The summed E-state index contributed by atoms with van der Waals surface area (Å²) in [7, 11) is 0. The summed E-state index contributed by atoms with van der Waals surface area (Å²) >= 11 is 0. The van der Waals surface area contributed by atoms with Crippen LogP contribution in [-0.4, -0.2) is 25.1 Å². The summed E-state index contributed by atoms with van der Waals surface area (Å²) in [5, 5.41) is 12.4. The van der Waals surface area contributed by atoms with Crippen LogP contribution in [0, 0.1) is 0 Å². The minimum absolute atomic E-state index is 0.359. The minimum atomic E-state index is -0.465. The first-order valence-electron chi connectivity index (χ1n) is 8.33. The summed E-state index contributed by atoms with van der Waals surface area (Å²) in [6.45, 7) is 2.13. The van der Waals surface area contributed by atoms with Crippen molar-refractivity contribution in [3.05, 3.63) is 41.9 Å². The van der Waals surface area contributed by atoms with Crippen molar-refractivity contribution in [3.63, 3.8) is 0 Å². The van der Waals surface area contributed by atoms with Gasteiger partial charge in [-0.25, -0.2) is 4.68 Å². The first kappa shape index (κ1) is 15.0. The number of aryl methyl sites for hydroxylation is 1. The fraction of sp³-hybridized carbons (Fsp3) is 0.412. The Hall–Kier alpha value is -2.54. The lowest BCUT2D eigenvalue weighted by atomic mass is 9.99. The standard InChI is InChI=1S/C17H20N6O/c1-2-12-5-7-13(8-6-12)23-11-14(20-22-23)15-19-16(21-24-15)17(18)9-3-4-10-17/h5-8,11H,2-4,9-10,18H2,1H3. The van der Waals surface area contributed by atoms with Gasteiger partial charge < -0.3 is 10.3 Å². The highest BCUT2D eigenvalue weighted by atomic mass is 16.5. The Morgan fingerprint density at radius 1 is 1.21 bits per heavy atom. The monoisotopic (exact) mass is 324 g/mol. The third kappa shape index (κ3) is 2.60. The van der Waals surface area contributed by atoms with Crippen molar-refractivity contribution in [3.8, 4) is 17.3 Å². The highest BCUT2D eigenvalue weighted by molar-refractivity contribution is 5.46. The maximum Gasteiger partial charge on any atom is 0.280 e. The molecule has 0 aliphatic heterocycles. The molecule has 24 heavy (non-hydrogen) atoms. The predicted octanol–water partition coefficient (Wildman–Crippen LogP) is 2.61. The number of benzene rings is 1. The fourth-order valence-corrected chi connectivity index (χ4v) is 3.13. The molecular weight excluding hydrogens is 304 g/mol. The zero-order valence-corrected chi connectivity index (χ0v) is 13.6. The van der Waals surface area contributed by atoms with E-state index >= 15 is 0 Å². The summed E-state index contributed by atoms with van der Waals surface area (Å²) in [5.41, 5.74) is 8.68. The molecule has 124 valence electrons. The van der Waals surface area contributed by atoms with Crippen molar-refractivity contribution in [2.45, 2.75) is 44.6 Å². The zero-order chi connectivity index (χ0) is 16.6. The molecule has 1 fully saturated rings. The number of aromatic nitrogens is 5. The lowest BCUT2D eigenvalue weighted by Crippen LogP contribution is -2.34. The third-order valence-electron chi connectivity index (χ3n) is 4.69. The Kier molecular flexibility index (Phi) is 3.65. The van der Waals surface area contributed by atoms with Gasteiger partial charge in [0.05, 0.1) is 17.4 Å². The smallest absolute Gasteiger partial charge is 0.280 e. The molecule has 0 amide bonds. The van der Waals surface area contributed by atoms with Gasteiger partial charge in [0, 0.05) is 0 Å². The minimum Gasteiger partial charge on any atom is -0.332 e. The molecule has 0 unspecified atom stereocenters. The van der Waals surface area contributed by atoms with E-state index in [9.17, 15) is 0 Å². The maximum absolute atomic E-state index is 6.37. The second kappa shape index (κ2) is 5.83. The van der Waals surface area contributed by atoms with Crippen LogP contribution in [0.3, 0.4) is 0 Å². The fourth-order valence-electron chi connectivity index (χ4n) is 3.13. The van der Waals surface area contributed by atoms with Gasteiger partial charge in [-0.05, 0) is 37.0 Å². The molecule has 7 nitrogen and oxygen atoms in total. The molecule has 1 aliphatic rings. The van der Waals surface area contributed by atoms with Gasteiger partial charge in [0.25, 0.3) is 5.89 Å². The molecule has 2 heterocycles. The molecule has 0 radical (unpaired) electrons. The topological polar surface area (TPSA) is 95.7 Å². The Morgan fingerprint density at radius 3 is 2.67 bits per heavy atom. The van der Waals surface area contributed by atoms with Gasteiger partial charge in [-0.2, -0.15) is 4.98 Å². The average Bonchev–Trinajstić information content (AvgIpc) is 3.35. The first-order chi connectivity index (χ1) is 11.7. The normalized spacial score (nSPS) is 16.6. The molecule has 0 spiro atoms. The van der Waals surface area contributed by atoms with Crippen molar-refractivity contribution in [2.24, 2.45) is 5.73 Å². The van der Waals surface area contributed by atoms with Crippen LogP contribution in [-0.2, 0) is 12.0 Å². The molecule has 2 N–H and O–H groups in total. The largest absolute Gasteiger partial charge is 0.332 e. The lowest BCUT2D eigenvalue weighted by molar-refractivity contribution is 0.372. The molecular formula is C17H20N6O. The third-order valence-corrected chi connectivity index (χ3v) is 4.69. The Labute approximate surface area is 139 Å². The van der Waals surface area contributed by atoms with E-state index in [1.807, 2.05) is 12.1 Å². The lowest BCUT2D eigenvalue weighted by Gasteiger charge is -2.17. The van der Waals surface area contributed by atoms with E-state index in [0.29, 0.717) is 17.4 Å². The van der Waals surface area contributed by atoms with Crippen molar-refractivity contribution >= 4 is 0 Å². The molecule has 0 saturated heterocycles. The van der Waals surface area contributed by atoms with Crippen LogP contribution >= 0.6 is 0 Å². The molecule has 7 heteroatoms. The number of hydrogen-bond acceptors (Lipinski definition) is 6. The van der Waals surface area contributed by atoms with Crippen LogP contribution in [0.5, 0.6) is 0 Å². The van der Waals surface area contributed by atoms with Crippen molar-refractivity contribution in [1.82, 2.24) is 25.1 Å². The van der Waals surface area contributed by atoms with E-state index in [4.69, 9.17) is 10.3 Å². The molecule has 0 atom stereocenters. The van der Waals surface area contributed by atoms with Crippen molar-refractivity contribution in [1.29, 1.82) is 0 Å². The van der Waals surface area contributed by atoms with Gasteiger partial charge in [0.15, 0.2) is 11.5 Å². The van der Waals surface area contributed by atoms with Gasteiger partial charge in [0.2, 0.25) is 0 Å². The first-order valence-corrected chi connectivity index (χ1v) is 8.33. The highest BCUT2D eigenvalue weighted by Crippen LogP contribution is 2.35. The molecule has 1 aromatic carbocycles. The van der Waals surface area contributed by atoms with Crippen LogP contribution in [0.25, 0.3) is 17.3 Å². The number of nitrogens with zero attached hydrogens (tertiary/aromatic N) is 5. The Bertz CT molecular complexity index is 829. The average molecular weight is 324 g/mol. The SMILES string of the molecule is CCc1ccc(-n2cc(-c3nc(C4(N)CCCC4)no3)nn2)cc1. The summed E-state index contributed by atoms with van der Waals surface area (Å²) in [4.78, 5) is 4.45. The number of nitrogens with two attached hydrogens (primary N) is 1. The molecule has 4 rings (SSSR count). The summed E-state index contributed by atoms with van der Waals surface area (Å²) in [6.07, 6.45) is 6.78. The van der Waals surface area contributed by atoms with Gasteiger partial charge in [-0.15, -0.1) is 5.10 Å². The van der Waals surface area contributed by atoms with E-state index in [0.717, 1.165) is 37.8 Å². The van der Waals surface area contributed by atoms with E-state index in [1.54, 1.807) is 10.9 Å². The predicted molar refractivity (Wildman–Crippen MR) is 88.4 cm³/mol. The van der Waals surface area contributed by atoms with Gasteiger partial charge in [-0.1, -0.05) is 42.3 Å². The molecule has 0 bridgehead atoms. The summed E-state index contributed by atoms with van der Waals surface area (Å²) in [5.74, 6) is 0.926. The molecule has 1 aliphatic carbocycles. The summed E-state index contributed by atoms with van der Waals surface area (Å²) in [6, 6.07) is 8.20. The number of rotatable bonds is 4. The Morgan fingerprint density at radius 2 is 1.96 bits per heavy atom. The van der Waals surface area contributed by atoms with Gasteiger partial charge >= 0.3 is 0 Å². The van der Waals surface area contributed by atoms with Crippen LogP contribution in [0.1, 0.15) is 44.0 Å². The van der Waals surface area contributed by atoms with E-state index in [1.165, 1.54) is 5.56 Å². The van der Waals surface area contributed by atoms with Gasteiger partial charge in [-0.3, -0.25) is 0 Å². The van der Waals surface area contributed by atoms with Gasteiger partial charge in [0.1, 0.15) is 0 Å². The van der Waals surface area contributed by atoms with Crippen LogP contribution in [0.2, 0.25) is 0 Å². The maximum atomic E-state index is 6.37. The molecule has 3 aromatic rings. The molecule has 2 aromatic heterocycles. The molecule has 1 saturated carbocycles. The second-order valence-electron chi connectivity index (χ2n) is 6.35. The summed E-state index contributed by atoms with van der Waals surface area (Å²) < 4.78 is 7.06. The quantitative estimate of drug-likeness (QED) is 0.792. The highest BCUT2D eigenvalue weighted by Gasteiger charge is 2.36. The van der Waals surface area contributed by atoms with Crippen LogP contribution < -0.4 is 5.73 Å². The Balaban J connectivity index is 1.59. The van der Waals surface area contributed by atoms with Crippen molar-refractivity contribution in [2.75, 3.05) is 0 Å². The van der Waals surface area contributed by atoms with E-state index in [2.05, 4.69) is 39.5 Å². The van der Waals surface area contributed by atoms with Crippen molar-refractivity contribution < 1.29 is 4.52 Å². The van der Waals surface area contributed by atoms with Crippen LogP contribution in [0.4, 0.5) is 0 Å². The second-order valence-corrected chi connectivity index (χ2v) is 6.35. The van der Waals surface area contributed by atoms with E-state index < -0.39 is 5.54 Å². The van der Waals surface area contributed by atoms with Crippen LogP contribution in [0.15, 0.2) is 35.0 Å². The van der Waals surface area contributed by atoms with E-state index in [-0.39, 0.29) is 0 Å². The number of hydrogen-bond donors (Lipinski definition) is 1. The zero-order valence-electron chi connectivity index (χ0n) is 13.6.